The summed E-state index contributed by atoms with van der Waals surface area (Å²) in [5.74, 6) is 0.491. The van der Waals surface area contributed by atoms with Crippen molar-refractivity contribution in [1.29, 1.82) is 0 Å². The van der Waals surface area contributed by atoms with E-state index in [1.165, 1.54) is 0 Å². The van der Waals surface area contributed by atoms with Gasteiger partial charge in [-0.05, 0) is 36.8 Å². The second-order valence-corrected chi connectivity index (χ2v) is 5.53. The number of amides is 2. The number of aromatic nitrogens is 1. The molecule has 1 unspecified atom stereocenters. The van der Waals surface area contributed by atoms with E-state index in [4.69, 9.17) is 5.73 Å². The van der Waals surface area contributed by atoms with E-state index >= 15 is 0 Å². The molecule has 1 aliphatic heterocycles. The number of carbonyl (C=O) groups is 1. The first-order chi connectivity index (χ1) is 10.2. The summed E-state index contributed by atoms with van der Waals surface area (Å²) in [7, 11) is 0. The molecule has 2 heterocycles. The number of urea groups is 1. The first-order valence-corrected chi connectivity index (χ1v) is 7.49. The fraction of sp³-hybridized carbons (Fsp3) is 0.500. The van der Waals surface area contributed by atoms with Crippen molar-refractivity contribution >= 4 is 6.03 Å². The number of piperidine rings is 1. The molecule has 1 aliphatic rings. The lowest BCUT2D eigenvalue weighted by atomic mass is 9.88. The van der Waals surface area contributed by atoms with Crippen molar-refractivity contribution in [2.45, 2.75) is 31.8 Å². The van der Waals surface area contributed by atoms with Crippen LogP contribution in [0.2, 0.25) is 0 Å². The van der Waals surface area contributed by atoms with Gasteiger partial charge in [-0.1, -0.05) is 12.1 Å². The van der Waals surface area contributed by atoms with Gasteiger partial charge in [0, 0.05) is 38.1 Å². The molecule has 1 atom stereocenters. The maximum atomic E-state index is 12.1. The molecule has 114 valence electrons. The number of nitrogens with zero attached hydrogens (tertiary/aromatic N) is 2. The minimum Gasteiger partial charge on any atom is -0.334 e. The predicted molar refractivity (Wildman–Crippen MR) is 83.6 cm³/mol. The SMILES string of the molecule is C=CCC(N)C1CCN(C(=O)NCc2cccnc2)CC1. The molecule has 0 radical (unpaired) electrons. The topological polar surface area (TPSA) is 71.2 Å². The van der Waals surface area contributed by atoms with Crippen LogP contribution < -0.4 is 11.1 Å². The molecule has 1 saturated heterocycles. The minimum absolute atomic E-state index is 0.00500. The highest BCUT2D eigenvalue weighted by molar-refractivity contribution is 5.74. The Kier molecular flexibility index (Phi) is 5.75. The van der Waals surface area contributed by atoms with E-state index in [2.05, 4.69) is 16.9 Å². The smallest absolute Gasteiger partial charge is 0.317 e. The number of hydrogen-bond acceptors (Lipinski definition) is 3. The first kappa shape index (κ1) is 15.5. The predicted octanol–water partition coefficient (Wildman–Crippen LogP) is 1.91. The summed E-state index contributed by atoms with van der Waals surface area (Å²) in [4.78, 5) is 18.0. The third kappa shape index (κ3) is 4.56. The van der Waals surface area contributed by atoms with Crippen LogP contribution in [0.4, 0.5) is 4.79 Å². The quantitative estimate of drug-likeness (QED) is 0.813. The summed E-state index contributed by atoms with van der Waals surface area (Å²) < 4.78 is 0. The Morgan fingerprint density at radius 2 is 2.33 bits per heavy atom. The fourth-order valence-electron chi connectivity index (χ4n) is 2.71. The molecular weight excluding hydrogens is 264 g/mol. The number of pyridine rings is 1. The normalized spacial score (nSPS) is 17.3. The van der Waals surface area contributed by atoms with Crippen molar-refractivity contribution in [3.63, 3.8) is 0 Å². The van der Waals surface area contributed by atoms with Crippen molar-refractivity contribution in [1.82, 2.24) is 15.2 Å². The number of nitrogens with two attached hydrogens (primary N) is 1. The molecule has 21 heavy (non-hydrogen) atoms. The molecule has 0 saturated carbocycles. The molecule has 1 aromatic rings. The monoisotopic (exact) mass is 288 g/mol. The van der Waals surface area contributed by atoms with Crippen LogP contribution in [0, 0.1) is 5.92 Å². The highest BCUT2D eigenvalue weighted by Crippen LogP contribution is 2.21. The Bertz CT molecular complexity index is 455. The van der Waals surface area contributed by atoms with Crippen molar-refractivity contribution in [3.05, 3.63) is 42.7 Å². The molecule has 2 rings (SSSR count). The van der Waals surface area contributed by atoms with E-state index in [0.717, 1.165) is 37.9 Å². The fourth-order valence-corrected chi connectivity index (χ4v) is 2.71. The van der Waals surface area contributed by atoms with Gasteiger partial charge in [0.25, 0.3) is 0 Å². The standard InChI is InChI=1S/C16H24N4O/c1-2-4-15(17)14-6-9-20(10-7-14)16(21)19-12-13-5-3-8-18-11-13/h2-3,5,8,11,14-15H,1,4,6-7,9-10,12,17H2,(H,19,21). The van der Waals surface area contributed by atoms with Crippen LogP contribution in [0.3, 0.4) is 0 Å². The lowest BCUT2D eigenvalue weighted by Gasteiger charge is -2.34. The number of likely N-dealkylation sites (tertiary alicyclic amines) is 1. The van der Waals surface area contributed by atoms with E-state index in [1.54, 1.807) is 12.4 Å². The molecule has 0 spiro atoms. The third-order valence-corrected chi connectivity index (χ3v) is 4.04. The number of carbonyl (C=O) groups excluding carboxylic acids is 1. The van der Waals surface area contributed by atoms with Gasteiger partial charge in [-0.2, -0.15) is 0 Å². The minimum atomic E-state index is -0.00500. The van der Waals surface area contributed by atoms with Crippen molar-refractivity contribution < 1.29 is 4.79 Å². The highest BCUT2D eigenvalue weighted by atomic mass is 16.2. The zero-order valence-electron chi connectivity index (χ0n) is 12.4. The Hall–Kier alpha value is -1.88. The van der Waals surface area contributed by atoms with Crippen LogP contribution in [0.5, 0.6) is 0 Å². The Balaban J connectivity index is 1.74. The summed E-state index contributed by atoms with van der Waals surface area (Å²) in [6, 6.07) is 3.99. The zero-order chi connectivity index (χ0) is 15.1. The molecule has 2 amide bonds. The van der Waals surface area contributed by atoms with Gasteiger partial charge in [0.2, 0.25) is 0 Å². The highest BCUT2D eigenvalue weighted by Gasteiger charge is 2.25. The molecular formula is C16H24N4O. The Morgan fingerprint density at radius 3 is 2.95 bits per heavy atom. The molecule has 0 bridgehead atoms. The largest absolute Gasteiger partial charge is 0.334 e. The molecule has 5 heteroatoms. The van der Waals surface area contributed by atoms with Crippen LogP contribution in [0.25, 0.3) is 0 Å². The van der Waals surface area contributed by atoms with Gasteiger partial charge >= 0.3 is 6.03 Å². The van der Waals surface area contributed by atoms with Crippen LogP contribution in [-0.4, -0.2) is 35.0 Å². The van der Waals surface area contributed by atoms with E-state index in [-0.39, 0.29) is 12.1 Å². The zero-order valence-corrected chi connectivity index (χ0v) is 12.4. The maximum Gasteiger partial charge on any atom is 0.317 e. The van der Waals surface area contributed by atoms with Crippen molar-refractivity contribution in [2.24, 2.45) is 11.7 Å². The number of nitrogens with one attached hydrogen (secondary N) is 1. The number of hydrogen-bond donors (Lipinski definition) is 2. The molecule has 0 aliphatic carbocycles. The average molecular weight is 288 g/mol. The lowest BCUT2D eigenvalue weighted by molar-refractivity contribution is 0.162. The number of rotatable bonds is 5. The second-order valence-electron chi connectivity index (χ2n) is 5.53. The van der Waals surface area contributed by atoms with E-state index in [9.17, 15) is 4.79 Å². The first-order valence-electron chi connectivity index (χ1n) is 7.49. The van der Waals surface area contributed by atoms with Crippen LogP contribution in [0.15, 0.2) is 37.2 Å². The van der Waals surface area contributed by atoms with Gasteiger partial charge in [-0.15, -0.1) is 6.58 Å². The molecule has 5 nitrogen and oxygen atoms in total. The van der Waals surface area contributed by atoms with Crippen LogP contribution >= 0.6 is 0 Å². The molecule has 3 N–H and O–H groups in total. The van der Waals surface area contributed by atoms with Gasteiger partial charge in [-0.25, -0.2) is 4.79 Å². The van der Waals surface area contributed by atoms with E-state index in [0.29, 0.717) is 12.5 Å². The summed E-state index contributed by atoms with van der Waals surface area (Å²) in [5, 5.41) is 2.94. The third-order valence-electron chi connectivity index (χ3n) is 4.04. The lowest BCUT2D eigenvalue weighted by Crippen LogP contribution is -2.47. The van der Waals surface area contributed by atoms with Gasteiger partial charge in [-0.3, -0.25) is 4.98 Å². The van der Waals surface area contributed by atoms with E-state index in [1.807, 2.05) is 23.1 Å². The Labute approximate surface area is 126 Å². The van der Waals surface area contributed by atoms with Gasteiger partial charge < -0.3 is 16.0 Å². The summed E-state index contributed by atoms with van der Waals surface area (Å²) in [6.07, 6.45) is 8.14. The molecule has 1 fully saturated rings. The van der Waals surface area contributed by atoms with Crippen molar-refractivity contribution in [2.75, 3.05) is 13.1 Å². The summed E-state index contributed by atoms with van der Waals surface area (Å²) in [6.45, 7) is 5.79. The average Bonchev–Trinajstić information content (AvgIpc) is 2.54. The van der Waals surface area contributed by atoms with Crippen LogP contribution in [0.1, 0.15) is 24.8 Å². The summed E-state index contributed by atoms with van der Waals surface area (Å²) in [5.41, 5.74) is 7.13. The molecule has 1 aromatic heterocycles. The Morgan fingerprint density at radius 1 is 1.57 bits per heavy atom. The second kappa shape index (κ2) is 7.78. The molecule has 0 aromatic carbocycles. The van der Waals surface area contributed by atoms with Gasteiger partial charge in [0.1, 0.15) is 0 Å². The summed E-state index contributed by atoms with van der Waals surface area (Å²) >= 11 is 0. The van der Waals surface area contributed by atoms with Gasteiger partial charge in [0.05, 0.1) is 0 Å². The maximum absolute atomic E-state index is 12.1. The van der Waals surface area contributed by atoms with Crippen LogP contribution in [-0.2, 0) is 6.54 Å². The van der Waals surface area contributed by atoms with Crippen molar-refractivity contribution in [3.8, 4) is 0 Å². The van der Waals surface area contributed by atoms with E-state index < -0.39 is 0 Å². The van der Waals surface area contributed by atoms with Gasteiger partial charge in [0.15, 0.2) is 0 Å².